The molecule has 1 aliphatic carbocycles. The molecule has 1 aromatic heterocycles. The van der Waals surface area contributed by atoms with Crippen LogP contribution in [-0.2, 0) is 4.79 Å². The lowest BCUT2D eigenvalue weighted by molar-refractivity contribution is -0.128. The molecule has 6 nitrogen and oxygen atoms in total. The number of unbranched alkanes of at least 4 members (excludes halogenated alkanes) is 1. The predicted octanol–water partition coefficient (Wildman–Crippen LogP) is 3.35. The van der Waals surface area contributed by atoms with Gasteiger partial charge in [-0.25, -0.2) is 4.98 Å². The number of aromatic nitrogens is 1. The van der Waals surface area contributed by atoms with Crippen molar-refractivity contribution in [2.24, 2.45) is 5.73 Å². The number of nitrogens with two attached hydrogens (primary N) is 1. The van der Waals surface area contributed by atoms with Gasteiger partial charge in [-0.15, -0.1) is 0 Å². The number of nitrogens with zero attached hydrogens (tertiary/aromatic N) is 1. The number of carbonyl (C=O) groups excluding carboxylic acids is 2. The fourth-order valence-electron chi connectivity index (χ4n) is 3.52. The van der Waals surface area contributed by atoms with Gasteiger partial charge >= 0.3 is 0 Å². The van der Waals surface area contributed by atoms with E-state index in [4.69, 9.17) is 10.2 Å². The number of para-hydroxylation sites is 2. The highest BCUT2D eigenvalue weighted by molar-refractivity contribution is 6.01. The van der Waals surface area contributed by atoms with Crippen LogP contribution in [0, 0.1) is 0 Å². The number of oxazole rings is 1. The third kappa shape index (κ3) is 3.96. The number of rotatable bonds is 7. The third-order valence-electron chi connectivity index (χ3n) is 5.17. The van der Waals surface area contributed by atoms with Crippen LogP contribution in [0.25, 0.3) is 11.1 Å². The molecule has 1 amide bonds. The van der Waals surface area contributed by atoms with Crippen molar-refractivity contribution in [3.63, 3.8) is 0 Å². The summed E-state index contributed by atoms with van der Waals surface area (Å²) in [5.74, 6) is -0.479. The highest BCUT2D eigenvalue weighted by Crippen LogP contribution is 2.26. The summed E-state index contributed by atoms with van der Waals surface area (Å²) < 4.78 is 5.60. The molecule has 1 aliphatic rings. The van der Waals surface area contributed by atoms with Gasteiger partial charge in [-0.3, -0.25) is 9.59 Å². The molecule has 0 bridgehead atoms. The number of hydrogen-bond donors (Lipinski definition) is 2. The number of ketones is 1. The number of Topliss-reactive ketones (excluding diaryl/α,β-unsaturated/α-hetero) is 1. The lowest BCUT2D eigenvalue weighted by atomic mass is 9.81. The molecule has 0 radical (unpaired) electrons. The standard InChI is InChI=1S/C20H27N3O3/c1-2-3-9-15(23-19(25)20(21)12-7-4-8-13-20)17(24)18-22-14-10-5-6-11-16(14)26-18/h5-6,10-11,15H,2-4,7-9,12-13,21H2,1H3,(H,23,25)/t15-/m0/s1. The monoisotopic (exact) mass is 357 g/mol. The third-order valence-corrected chi connectivity index (χ3v) is 5.17. The Kier molecular flexibility index (Phi) is 5.71. The van der Waals surface area contributed by atoms with Crippen LogP contribution < -0.4 is 11.1 Å². The molecule has 0 spiro atoms. The first-order valence-corrected chi connectivity index (χ1v) is 9.53. The number of benzene rings is 1. The zero-order valence-corrected chi connectivity index (χ0v) is 15.3. The van der Waals surface area contributed by atoms with E-state index in [1.165, 1.54) is 0 Å². The van der Waals surface area contributed by atoms with Crippen LogP contribution in [0.4, 0.5) is 0 Å². The first-order chi connectivity index (χ1) is 12.5. The lowest BCUT2D eigenvalue weighted by Gasteiger charge is -2.33. The molecule has 6 heteroatoms. The van der Waals surface area contributed by atoms with Gasteiger partial charge in [-0.05, 0) is 31.4 Å². The van der Waals surface area contributed by atoms with Crippen LogP contribution >= 0.6 is 0 Å². The van der Waals surface area contributed by atoms with Crippen molar-refractivity contribution >= 4 is 22.8 Å². The number of nitrogens with one attached hydrogen (secondary N) is 1. The van der Waals surface area contributed by atoms with E-state index in [1.807, 2.05) is 19.1 Å². The first kappa shape index (κ1) is 18.6. The van der Waals surface area contributed by atoms with Crippen LogP contribution in [0.3, 0.4) is 0 Å². The Morgan fingerprint density at radius 3 is 2.69 bits per heavy atom. The van der Waals surface area contributed by atoms with Crippen molar-refractivity contribution in [3.8, 4) is 0 Å². The summed E-state index contributed by atoms with van der Waals surface area (Å²) in [6.07, 6.45) is 6.64. The molecule has 0 aliphatic heterocycles. The van der Waals surface area contributed by atoms with Crippen LogP contribution in [0.2, 0.25) is 0 Å². The molecule has 0 unspecified atom stereocenters. The minimum absolute atomic E-state index is 0.0438. The van der Waals surface area contributed by atoms with Gasteiger partial charge in [0, 0.05) is 0 Å². The van der Waals surface area contributed by atoms with Crippen LogP contribution in [0.5, 0.6) is 0 Å². The molecule has 3 rings (SSSR count). The van der Waals surface area contributed by atoms with E-state index in [-0.39, 0.29) is 17.6 Å². The smallest absolute Gasteiger partial charge is 0.266 e. The second-order valence-electron chi connectivity index (χ2n) is 7.24. The second kappa shape index (κ2) is 7.99. The fraction of sp³-hybridized carbons (Fsp3) is 0.550. The van der Waals surface area contributed by atoms with E-state index in [2.05, 4.69) is 10.3 Å². The van der Waals surface area contributed by atoms with Gasteiger partial charge in [0.05, 0.1) is 11.6 Å². The number of amides is 1. The number of carbonyl (C=O) groups is 2. The molecule has 1 saturated carbocycles. The van der Waals surface area contributed by atoms with Crippen molar-refractivity contribution in [3.05, 3.63) is 30.2 Å². The predicted molar refractivity (Wildman–Crippen MR) is 99.8 cm³/mol. The zero-order valence-electron chi connectivity index (χ0n) is 15.3. The largest absolute Gasteiger partial charge is 0.434 e. The summed E-state index contributed by atoms with van der Waals surface area (Å²) in [5, 5.41) is 2.89. The maximum Gasteiger partial charge on any atom is 0.266 e. The highest BCUT2D eigenvalue weighted by atomic mass is 16.4. The van der Waals surface area contributed by atoms with Gasteiger partial charge in [0.15, 0.2) is 5.58 Å². The fourth-order valence-corrected chi connectivity index (χ4v) is 3.52. The summed E-state index contributed by atoms with van der Waals surface area (Å²) in [7, 11) is 0. The molecular weight excluding hydrogens is 330 g/mol. The summed E-state index contributed by atoms with van der Waals surface area (Å²) in [6.45, 7) is 2.05. The van der Waals surface area contributed by atoms with E-state index >= 15 is 0 Å². The number of hydrogen-bond acceptors (Lipinski definition) is 5. The van der Waals surface area contributed by atoms with Crippen LogP contribution in [0.1, 0.15) is 69.0 Å². The Balaban J connectivity index is 1.78. The molecule has 1 atom stereocenters. The van der Waals surface area contributed by atoms with Gasteiger partial charge < -0.3 is 15.5 Å². The van der Waals surface area contributed by atoms with E-state index in [0.717, 1.165) is 32.1 Å². The zero-order chi connectivity index (χ0) is 18.6. The van der Waals surface area contributed by atoms with E-state index in [0.29, 0.717) is 30.4 Å². The Morgan fingerprint density at radius 2 is 2.00 bits per heavy atom. The van der Waals surface area contributed by atoms with Gasteiger partial charge in [0.2, 0.25) is 11.7 Å². The summed E-state index contributed by atoms with van der Waals surface area (Å²) >= 11 is 0. The van der Waals surface area contributed by atoms with E-state index < -0.39 is 11.6 Å². The maximum atomic E-state index is 12.9. The summed E-state index contributed by atoms with van der Waals surface area (Å²) in [4.78, 5) is 30.0. The molecule has 2 aromatic rings. The quantitative estimate of drug-likeness (QED) is 0.741. The van der Waals surface area contributed by atoms with Gasteiger partial charge in [0.25, 0.3) is 5.89 Å². The highest BCUT2D eigenvalue weighted by Gasteiger charge is 2.37. The molecule has 3 N–H and O–H groups in total. The lowest BCUT2D eigenvalue weighted by Crippen LogP contribution is -2.58. The van der Waals surface area contributed by atoms with Crippen LogP contribution in [-0.4, -0.2) is 28.3 Å². The van der Waals surface area contributed by atoms with E-state index in [1.54, 1.807) is 12.1 Å². The molecule has 1 aromatic carbocycles. The summed E-state index contributed by atoms with van der Waals surface area (Å²) in [6, 6.07) is 6.59. The van der Waals surface area contributed by atoms with Crippen molar-refractivity contribution in [1.82, 2.24) is 10.3 Å². The first-order valence-electron chi connectivity index (χ1n) is 9.53. The summed E-state index contributed by atoms with van der Waals surface area (Å²) in [5.41, 5.74) is 6.65. The SMILES string of the molecule is CCCC[C@H](NC(=O)C1(N)CCCCC1)C(=O)c1nc2ccccc2o1. The maximum absolute atomic E-state index is 12.9. The van der Waals surface area contributed by atoms with Crippen molar-refractivity contribution in [2.45, 2.75) is 69.9 Å². The molecule has 0 saturated heterocycles. The average molecular weight is 357 g/mol. The van der Waals surface area contributed by atoms with Crippen molar-refractivity contribution in [2.75, 3.05) is 0 Å². The molecule has 26 heavy (non-hydrogen) atoms. The van der Waals surface area contributed by atoms with Crippen molar-refractivity contribution < 1.29 is 14.0 Å². The van der Waals surface area contributed by atoms with Gasteiger partial charge in [-0.1, -0.05) is 51.2 Å². The Morgan fingerprint density at radius 1 is 1.27 bits per heavy atom. The minimum Gasteiger partial charge on any atom is -0.434 e. The molecular formula is C20H27N3O3. The van der Waals surface area contributed by atoms with Crippen LogP contribution in [0.15, 0.2) is 28.7 Å². The van der Waals surface area contributed by atoms with Crippen molar-refractivity contribution in [1.29, 1.82) is 0 Å². The Bertz CT molecular complexity index is 744. The molecule has 1 heterocycles. The van der Waals surface area contributed by atoms with Gasteiger partial charge in [0.1, 0.15) is 5.52 Å². The molecule has 140 valence electrons. The normalized spacial score (nSPS) is 17.8. The Labute approximate surface area is 153 Å². The Hall–Kier alpha value is -2.21. The molecule has 1 fully saturated rings. The average Bonchev–Trinajstić information content (AvgIpc) is 3.09. The number of fused-ring (bicyclic) bond motifs is 1. The second-order valence-corrected chi connectivity index (χ2v) is 7.24. The minimum atomic E-state index is -0.871. The topological polar surface area (TPSA) is 98.2 Å². The van der Waals surface area contributed by atoms with E-state index in [9.17, 15) is 9.59 Å². The van der Waals surface area contributed by atoms with Gasteiger partial charge in [-0.2, -0.15) is 0 Å².